The Hall–Kier alpha value is -2.00. The first-order valence-corrected chi connectivity index (χ1v) is 8.97. The Kier molecular flexibility index (Phi) is 3.97. The Labute approximate surface area is 147 Å². The molecule has 0 bridgehead atoms. The summed E-state index contributed by atoms with van der Waals surface area (Å²) in [6.45, 7) is 0.824. The lowest BCUT2D eigenvalue weighted by atomic mass is 9.74. The molecule has 0 aromatic heterocycles. The predicted octanol–water partition coefficient (Wildman–Crippen LogP) is 4.26. The van der Waals surface area contributed by atoms with E-state index in [2.05, 4.69) is 29.2 Å². The summed E-state index contributed by atoms with van der Waals surface area (Å²) in [5.41, 5.74) is 9.79. The summed E-state index contributed by atoms with van der Waals surface area (Å²) in [4.78, 5) is 15.1. The number of piperidine rings is 1. The topological polar surface area (TPSA) is 46.3 Å². The standard InChI is InChI=1S/C20H21ClN2O/c21-17-12-14(7-9-18(17)22)20(24)23-11-3-6-16-15-5-2-1-4-13(15)8-10-19(16)23/h1-2,4-5,7,9,12,16,19H,3,6,8,10-11,22H2/t16-,19+/m1/s1. The fourth-order valence-electron chi connectivity index (χ4n) is 4.28. The molecule has 124 valence electrons. The van der Waals surface area contributed by atoms with Crippen molar-refractivity contribution in [3.8, 4) is 0 Å². The molecule has 24 heavy (non-hydrogen) atoms. The lowest BCUT2D eigenvalue weighted by Crippen LogP contribution is -2.49. The zero-order chi connectivity index (χ0) is 16.7. The van der Waals surface area contributed by atoms with Crippen LogP contribution in [0.3, 0.4) is 0 Å². The number of hydrogen-bond acceptors (Lipinski definition) is 2. The smallest absolute Gasteiger partial charge is 0.254 e. The molecule has 0 unspecified atom stereocenters. The average molecular weight is 341 g/mol. The number of carbonyl (C=O) groups is 1. The van der Waals surface area contributed by atoms with Crippen LogP contribution in [0.4, 0.5) is 5.69 Å². The van der Waals surface area contributed by atoms with Gasteiger partial charge in [0, 0.05) is 24.1 Å². The van der Waals surface area contributed by atoms with Crippen molar-refractivity contribution in [2.45, 2.75) is 37.6 Å². The van der Waals surface area contributed by atoms with Gasteiger partial charge in [-0.15, -0.1) is 0 Å². The molecule has 1 fully saturated rings. The molecule has 3 nitrogen and oxygen atoms in total. The Balaban J connectivity index is 1.64. The minimum Gasteiger partial charge on any atom is -0.398 e. The van der Waals surface area contributed by atoms with E-state index in [0.29, 0.717) is 22.2 Å². The first kappa shape index (κ1) is 15.5. The van der Waals surface area contributed by atoms with Crippen LogP contribution in [0.25, 0.3) is 0 Å². The summed E-state index contributed by atoms with van der Waals surface area (Å²) < 4.78 is 0. The van der Waals surface area contributed by atoms with Crippen LogP contribution in [0.2, 0.25) is 5.02 Å². The van der Waals surface area contributed by atoms with E-state index in [1.165, 1.54) is 11.1 Å². The maximum Gasteiger partial charge on any atom is 0.254 e. The Morgan fingerprint density at radius 3 is 2.83 bits per heavy atom. The lowest BCUT2D eigenvalue weighted by Gasteiger charge is -2.45. The summed E-state index contributed by atoms with van der Waals surface area (Å²) >= 11 is 6.11. The average Bonchev–Trinajstić information content (AvgIpc) is 2.62. The van der Waals surface area contributed by atoms with E-state index in [4.69, 9.17) is 17.3 Å². The first-order chi connectivity index (χ1) is 11.6. The minimum absolute atomic E-state index is 0.0750. The van der Waals surface area contributed by atoms with Gasteiger partial charge in [0.2, 0.25) is 0 Å². The second-order valence-electron chi connectivity index (χ2n) is 6.79. The number of likely N-dealkylation sites (tertiary alicyclic amines) is 1. The van der Waals surface area contributed by atoms with Crippen molar-refractivity contribution in [2.24, 2.45) is 0 Å². The number of amides is 1. The number of nitrogen functional groups attached to an aromatic ring is 1. The molecule has 2 N–H and O–H groups in total. The minimum atomic E-state index is 0.0750. The number of carbonyl (C=O) groups excluding carboxylic acids is 1. The SMILES string of the molecule is Nc1ccc(C(=O)N2CCC[C@@H]3c4ccccc4CC[C@@H]32)cc1Cl. The normalized spacial score (nSPS) is 22.6. The lowest BCUT2D eigenvalue weighted by molar-refractivity contribution is 0.0547. The number of nitrogens with zero attached hydrogens (tertiary/aromatic N) is 1. The van der Waals surface area contributed by atoms with Gasteiger partial charge in [0.25, 0.3) is 5.91 Å². The molecule has 2 atom stereocenters. The molecule has 1 heterocycles. The molecule has 4 heteroatoms. The van der Waals surface area contributed by atoms with Gasteiger partial charge in [-0.3, -0.25) is 4.79 Å². The van der Waals surface area contributed by atoms with Gasteiger partial charge in [-0.1, -0.05) is 35.9 Å². The van der Waals surface area contributed by atoms with Gasteiger partial charge < -0.3 is 10.6 Å². The Morgan fingerprint density at radius 1 is 1.17 bits per heavy atom. The highest BCUT2D eigenvalue weighted by Gasteiger charge is 2.38. The van der Waals surface area contributed by atoms with Crippen LogP contribution in [0.5, 0.6) is 0 Å². The maximum atomic E-state index is 13.1. The number of nitrogens with two attached hydrogens (primary N) is 1. The maximum absolute atomic E-state index is 13.1. The highest BCUT2D eigenvalue weighted by atomic mass is 35.5. The fraction of sp³-hybridized carbons (Fsp3) is 0.350. The van der Waals surface area contributed by atoms with Crippen LogP contribution in [-0.4, -0.2) is 23.4 Å². The molecule has 0 saturated carbocycles. The Morgan fingerprint density at radius 2 is 2.00 bits per heavy atom. The molecular weight excluding hydrogens is 320 g/mol. The third-order valence-corrected chi connectivity index (χ3v) is 5.78. The molecule has 1 aliphatic carbocycles. The summed E-state index contributed by atoms with van der Waals surface area (Å²) in [5, 5.41) is 0.448. The molecule has 2 aliphatic rings. The third kappa shape index (κ3) is 2.57. The number of anilines is 1. The highest BCUT2D eigenvalue weighted by Crippen LogP contribution is 2.41. The summed E-state index contributed by atoms with van der Waals surface area (Å²) in [5.74, 6) is 0.530. The van der Waals surface area contributed by atoms with Gasteiger partial charge in [0.1, 0.15) is 0 Å². The van der Waals surface area contributed by atoms with Crippen LogP contribution >= 0.6 is 11.6 Å². The number of benzene rings is 2. The van der Waals surface area contributed by atoms with Crippen molar-refractivity contribution >= 4 is 23.2 Å². The van der Waals surface area contributed by atoms with Crippen molar-refractivity contribution in [3.05, 3.63) is 64.2 Å². The second kappa shape index (κ2) is 6.14. The molecule has 2 aromatic rings. The first-order valence-electron chi connectivity index (χ1n) is 8.59. The molecule has 1 aliphatic heterocycles. The van der Waals surface area contributed by atoms with Gasteiger partial charge >= 0.3 is 0 Å². The molecule has 2 aromatic carbocycles. The zero-order valence-electron chi connectivity index (χ0n) is 13.5. The predicted molar refractivity (Wildman–Crippen MR) is 97.4 cm³/mol. The van der Waals surface area contributed by atoms with Crippen LogP contribution < -0.4 is 5.73 Å². The van der Waals surface area contributed by atoms with Gasteiger partial charge in [0.15, 0.2) is 0 Å². The zero-order valence-corrected chi connectivity index (χ0v) is 14.3. The van der Waals surface area contributed by atoms with Gasteiger partial charge in [-0.25, -0.2) is 0 Å². The van der Waals surface area contributed by atoms with E-state index in [9.17, 15) is 4.79 Å². The van der Waals surface area contributed by atoms with Gasteiger partial charge in [-0.2, -0.15) is 0 Å². The number of rotatable bonds is 1. The summed E-state index contributed by atoms with van der Waals surface area (Å²) in [6.07, 6.45) is 4.29. The van der Waals surface area contributed by atoms with Crippen LogP contribution in [0, 0.1) is 0 Å². The Bertz CT molecular complexity index is 789. The van der Waals surface area contributed by atoms with E-state index in [0.717, 1.165) is 32.2 Å². The van der Waals surface area contributed by atoms with E-state index < -0.39 is 0 Å². The monoisotopic (exact) mass is 340 g/mol. The van der Waals surface area contributed by atoms with Crippen LogP contribution in [0.15, 0.2) is 42.5 Å². The van der Waals surface area contributed by atoms with E-state index in [1.54, 1.807) is 18.2 Å². The van der Waals surface area contributed by atoms with Gasteiger partial charge in [0.05, 0.1) is 10.7 Å². The number of aryl methyl sites for hydroxylation is 1. The summed E-state index contributed by atoms with van der Waals surface area (Å²) in [7, 11) is 0. The summed E-state index contributed by atoms with van der Waals surface area (Å²) in [6, 6.07) is 14.2. The van der Waals surface area contributed by atoms with Crippen molar-refractivity contribution in [1.82, 2.24) is 4.90 Å². The second-order valence-corrected chi connectivity index (χ2v) is 7.20. The molecule has 4 rings (SSSR count). The van der Waals surface area contributed by atoms with Crippen molar-refractivity contribution in [3.63, 3.8) is 0 Å². The van der Waals surface area contributed by atoms with Crippen molar-refractivity contribution in [2.75, 3.05) is 12.3 Å². The number of hydrogen-bond donors (Lipinski definition) is 1. The highest BCUT2D eigenvalue weighted by molar-refractivity contribution is 6.33. The van der Waals surface area contributed by atoms with Gasteiger partial charge in [-0.05, 0) is 55.0 Å². The van der Waals surface area contributed by atoms with Crippen LogP contribution in [0.1, 0.15) is 46.7 Å². The van der Waals surface area contributed by atoms with E-state index in [1.807, 2.05) is 0 Å². The fourth-order valence-corrected chi connectivity index (χ4v) is 4.46. The third-order valence-electron chi connectivity index (χ3n) is 5.45. The van der Waals surface area contributed by atoms with E-state index >= 15 is 0 Å². The largest absolute Gasteiger partial charge is 0.398 e. The number of fused-ring (bicyclic) bond motifs is 3. The molecular formula is C20H21ClN2O. The van der Waals surface area contributed by atoms with Crippen LogP contribution in [-0.2, 0) is 6.42 Å². The quantitative estimate of drug-likeness (QED) is 0.788. The molecule has 1 saturated heterocycles. The molecule has 0 spiro atoms. The molecule has 1 amide bonds. The van der Waals surface area contributed by atoms with Crippen molar-refractivity contribution in [1.29, 1.82) is 0 Å². The van der Waals surface area contributed by atoms with E-state index in [-0.39, 0.29) is 11.9 Å². The van der Waals surface area contributed by atoms with Crippen molar-refractivity contribution < 1.29 is 4.79 Å². The molecule has 0 radical (unpaired) electrons. The number of halogens is 1.